The predicted molar refractivity (Wildman–Crippen MR) is 135 cm³/mol. The van der Waals surface area contributed by atoms with E-state index < -0.39 is 17.8 Å². The van der Waals surface area contributed by atoms with E-state index in [2.05, 4.69) is 15.8 Å². The summed E-state index contributed by atoms with van der Waals surface area (Å²) in [6.45, 7) is 0. The standard InChI is InChI=1S/C26H25N3O8/c1-33-17-10-11-19(22(14-17)35-3)28-24(30)25(31)29-27-15-16-9-12-21(23(13-16)36-4)37-26(32)18-7-5-6-8-20(18)34-2/h5-15H,1-4H3,(H,28,30)(H,29,31)/b27-15+. The number of ether oxygens (including phenoxy) is 5. The molecule has 0 spiro atoms. The third-order valence-corrected chi connectivity index (χ3v) is 4.96. The van der Waals surface area contributed by atoms with Gasteiger partial charge in [0.15, 0.2) is 11.5 Å². The molecule has 0 radical (unpaired) electrons. The van der Waals surface area contributed by atoms with Crippen molar-refractivity contribution in [3.63, 3.8) is 0 Å². The van der Waals surface area contributed by atoms with Crippen molar-refractivity contribution in [1.82, 2.24) is 5.43 Å². The number of benzene rings is 3. The van der Waals surface area contributed by atoms with Crippen LogP contribution in [0.4, 0.5) is 5.69 Å². The van der Waals surface area contributed by atoms with Crippen molar-refractivity contribution in [2.75, 3.05) is 33.8 Å². The van der Waals surface area contributed by atoms with Crippen LogP contribution in [0.3, 0.4) is 0 Å². The van der Waals surface area contributed by atoms with Gasteiger partial charge in [0.05, 0.1) is 40.3 Å². The highest BCUT2D eigenvalue weighted by Crippen LogP contribution is 2.30. The number of carbonyl (C=O) groups is 3. The Morgan fingerprint density at radius 1 is 0.730 bits per heavy atom. The summed E-state index contributed by atoms with van der Waals surface area (Å²) in [5, 5.41) is 6.24. The summed E-state index contributed by atoms with van der Waals surface area (Å²) in [5.41, 5.74) is 3.19. The minimum atomic E-state index is -0.997. The van der Waals surface area contributed by atoms with Crippen LogP contribution in [0.1, 0.15) is 15.9 Å². The topological polar surface area (TPSA) is 134 Å². The second-order valence-corrected chi connectivity index (χ2v) is 7.22. The zero-order chi connectivity index (χ0) is 26.8. The lowest BCUT2D eigenvalue weighted by Crippen LogP contribution is -2.32. The maximum atomic E-state index is 12.6. The third-order valence-electron chi connectivity index (χ3n) is 4.96. The summed E-state index contributed by atoms with van der Waals surface area (Å²) in [4.78, 5) is 37.0. The first-order chi connectivity index (χ1) is 17.9. The van der Waals surface area contributed by atoms with Gasteiger partial charge in [-0.05, 0) is 48.0 Å². The Balaban J connectivity index is 1.63. The molecule has 37 heavy (non-hydrogen) atoms. The molecule has 0 atom stereocenters. The Morgan fingerprint density at radius 2 is 1.46 bits per heavy atom. The van der Waals surface area contributed by atoms with Gasteiger partial charge in [-0.1, -0.05) is 12.1 Å². The van der Waals surface area contributed by atoms with E-state index in [0.717, 1.165) is 0 Å². The molecule has 3 aromatic carbocycles. The van der Waals surface area contributed by atoms with Crippen LogP contribution in [0.15, 0.2) is 65.8 Å². The molecule has 0 aliphatic carbocycles. The van der Waals surface area contributed by atoms with Crippen LogP contribution < -0.4 is 34.4 Å². The molecular weight excluding hydrogens is 482 g/mol. The first-order valence-corrected chi connectivity index (χ1v) is 10.8. The maximum absolute atomic E-state index is 12.6. The van der Waals surface area contributed by atoms with Gasteiger partial charge in [0.25, 0.3) is 0 Å². The Morgan fingerprint density at radius 3 is 2.16 bits per heavy atom. The minimum absolute atomic E-state index is 0.174. The van der Waals surface area contributed by atoms with Gasteiger partial charge in [0.2, 0.25) is 0 Å². The largest absolute Gasteiger partial charge is 0.497 e. The first kappa shape index (κ1) is 26.5. The molecule has 0 aliphatic heterocycles. The Kier molecular flexibility index (Phi) is 9.03. The number of anilines is 1. The van der Waals surface area contributed by atoms with E-state index in [1.54, 1.807) is 54.6 Å². The Hall–Kier alpha value is -5.06. The predicted octanol–water partition coefficient (Wildman–Crippen LogP) is 3.03. The summed E-state index contributed by atoms with van der Waals surface area (Å²) in [5.74, 6) is -0.914. The smallest absolute Gasteiger partial charge is 0.347 e. The highest BCUT2D eigenvalue weighted by atomic mass is 16.6. The number of methoxy groups -OCH3 is 4. The molecule has 11 nitrogen and oxygen atoms in total. The number of rotatable bonds is 9. The molecule has 3 rings (SSSR count). The van der Waals surface area contributed by atoms with Gasteiger partial charge in [-0.25, -0.2) is 10.2 Å². The number of carbonyl (C=O) groups excluding carboxylic acids is 3. The summed E-state index contributed by atoms with van der Waals surface area (Å²) in [7, 11) is 5.79. The lowest BCUT2D eigenvalue weighted by atomic mass is 10.2. The first-order valence-electron chi connectivity index (χ1n) is 10.8. The molecule has 2 amide bonds. The van der Waals surface area contributed by atoms with E-state index in [0.29, 0.717) is 22.8 Å². The fourth-order valence-electron chi connectivity index (χ4n) is 3.11. The zero-order valence-corrected chi connectivity index (χ0v) is 20.6. The van der Waals surface area contributed by atoms with Crippen molar-refractivity contribution in [1.29, 1.82) is 0 Å². The molecule has 0 aromatic heterocycles. The van der Waals surface area contributed by atoms with Crippen LogP contribution in [-0.4, -0.2) is 52.4 Å². The zero-order valence-electron chi connectivity index (χ0n) is 20.6. The average molecular weight is 507 g/mol. The van der Waals surface area contributed by atoms with Crippen molar-refractivity contribution >= 4 is 29.7 Å². The molecule has 2 N–H and O–H groups in total. The molecule has 0 bridgehead atoms. The Labute approximate surface area is 212 Å². The second-order valence-electron chi connectivity index (χ2n) is 7.22. The van der Waals surface area contributed by atoms with E-state index in [1.165, 1.54) is 40.7 Å². The molecule has 3 aromatic rings. The van der Waals surface area contributed by atoms with Crippen molar-refractivity contribution in [2.45, 2.75) is 0 Å². The van der Waals surface area contributed by atoms with Gasteiger partial charge < -0.3 is 29.0 Å². The molecule has 11 heteroatoms. The number of hydrogen-bond donors (Lipinski definition) is 2. The average Bonchev–Trinajstić information content (AvgIpc) is 2.93. The molecular formula is C26H25N3O8. The summed E-state index contributed by atoms with van der Waals surface area (Å²) in [6, 6.07) is 16.0. The van der Waals surface area contributed by atoms with Crippen LogP contribution in [0.25, 0.3) is 0 Å². The number of amides is 2. The Bertz CT molecular complexity index is 1320. The van der Waals surface area contributed by atoms with Crippen LogP contribution in [0, 0.1) is 0 Å². The summed E-state index contributed by atoms with van der Waals surface area (Å²) < 4.78 is 26.2. The fourth-order valence-corrected chi connectivity index (χ4v) is 3.11. The fraction of sp³-hybridized carbons (Fsp3) is 0.154. The third kappa shape index (κ3) is 6.75. The van der Waals surface area contributed by atoms with Gasteiger partial charge in [0.1, 0.15) is 22.8 Å². The number of hydrogen-bond acceptors (Lipinski definition) is 9. The molecule has 0 unspecified atom stereocenters. The summed E-state index contributed by atoms with van der Waals surface area (Å²) in [6.07, 6.45) is 1.30. The highest BCUT2D eigenvalue weighted by molar-refractivity contribution is 6.39. The molecule has 0 aliphatic rings. The normalized spacial score (nSPS) is 10.4. The van der Waals surface area contributed by atoms with Crippen molar-refractivity contribution in [3.8, 4) is 28.7 Å². The van der Waals surface area contributed by atoms with Crippen LogP contribution in [-0.2, 0) is 9.59 Å². The number of nitrogens with zero attached hydrogens (tertiary/aromatic N) is 1. The molecule has 192 valence electrons. The van der Waals surface area contributed by atoms with E-state index in [4.69, 9.17) is 23.7 Å². The quantitative estimate of drug-likeness (QED) is 0.148. The number of para-hydroxylation sites is 1. The summed E-state index contributed by atoms with van der Waals surface area (Å²) >= 11 is 0. The minimum Gasteiger partial charge on any atom is -0.497 e. The number of hydrazone groups is 1. The van der Waals surface area contributed by atoms with Crippen molar-refractivity contribution < 1.29 is 38.1 Å². The SMILES string of the molecule is COc1ccc(NC(=O)C(=O)N/N=C/c2ccc(OC(=O)c3ccccc3OC)c(OC)c2)c(OC)c1. The van der Waals surface area contributed by atoms with Crippen LogP contribution >= 0.6 is 0 Å². The lowest BCUT2D eigenvalue weighted by Gasteiger charge is -2.11. The van der Waals surface area contributed by atoms with E-state index in [-0.39, 0.29) is 22.7 Å². The van der Waals surface area contributed by atoms with Crippen molar-refractivity contribution in [2.24, 2.45) is 5.10 Å². The monoisotopic (exact) mass is 507 g/mol. The van der Waals surface area contributed by atoms with Gasteiger partial charge >= 0.3 is 17.8 Å². The van der Waals surface area contributed by atoms with Gasteiger partial charge in [-0.15, -0.1) is 0 Å². The number of esters is 1. The van der Waals surface area contributed by atoms with Gasteiger partial charge in [0, 0.05) is 6.07 Å². The molecule has 0 fully saturated rings. The molecule has 0 saturated carbocycles. The lowest BCUT2D eigenvalue weighted by molar-refractivity contribution is -0.136. The highest BCUT2D eigenvalue weighted by Gasteiger charge is 2.18. The number of nitrogens with one attached hydrogen (secondary N) is 2. The van der Waals surface area contributed by atoms with Crippen LogP contribution in [0.2, 0.25) is 0 Å². The van der Waals surface area contributed by atoms with E-state index in [9.17, 15) is 14.4 Å². The molecule has 0 saturated heterocycles. The van der Waals surface area contributed by atoms with Gasteiger partial charge in [-0.2, -0.15) is 5.10 Å². The maximum Gasteiger partial charge on any atom is 0.347 e. The van der Waals surface area contributed by atoms with Crippen molar-refractivity contribution in [3.05, 3.63) is 71.8 Å². The second kappa shape index (κ2) is 12.6. The van der Waals surface area contributed by atoms with Crippen LogP contribution in [0.5, 0.6) is 28.7 Å². The van der Waals surface area contributed by atoms with E-state index >= 15 is 0 Å². The molecule has 0 heterocycles. The van der Waals surface area contributed by atoms with Gasteiger partial charge in [-0.3, -0.25) is 9.59 Å². The van der Waals surface area contributed by atoms with E-state index in [1.807, 2.05) is 0 Å².